The summed E-state index contributed by atoms with van der Waals surface area (Å²) in [5.41, 5.74) is 0.804. The van der Waals surface area contributed by atoms with E-state index in [9.17, 15) is 4.39 Å². The molecule has 19 heavy (non-hydrogen) atoms. The number of benzene rings is 1. The number of likely N-dealkylation sites (N-methyl/N-ethyl adjacent to an activating group) is 2. The Labute approximate surface area is 113 Å². The van der Waals surface area contributed by atoms with E-state index in [2.05, 4.69) is 29.2 Å². The Morgan fingerprint density at radius 3 is 2.89 bits per heavy atom. The van der Waals surface area contributed by atoms with Crippen LogP contribution in [0.3, 0.4) is 0 Å². The van der Waals surface area contributed by atoms with Crippen LogP contribution in [-0.2, 0) is 0 Å². The van der Waals surface area contributed by atoms with Crippen molar-refractivity contribution in [3.8, 4) is 6.07 Å². The molecule has 0 aliphatic carbocycles. The quantitative estimate of drug-likeness (QED) is 0.893. The summed E-state index contributed by atoms with van der Waals surface area (Å²) < 4.78 is 13.7. The minimum absolute atomic E-state index is 0.345. The molecule has 0 radical (unpaired) electrons. The molecule has 1 N–H and O–H groups in total. The zero-order valence-corrected chi connectivity index (χ0v) is 11.4. The minimum Gasteiger partial charge on any atom is -0.381 e. The molecule has 0 amide bonds. The highest BCUT2D eigenvalue weighted by molar-refractivity contribution is 5.48. The zero-order valence-electron chi connectivity index (χ0n) is 11.4. The second kappa shape index (κ2) is 6.00. The third kappa shape index (κ3) is 3.43. The summed E-state index contributed by atoms with van der Waals surface area (Å²) in [5.74, 6) is -0.370. The molecule has 0 saturated carbocycles. The van der Waals surface area contributed by atoms with Crippen LogP contribution in [0.15, 0.2) is 18.2 Å². The average molecular weight is 262 g/mol. The number of piperazine rings is 1. The number of nitrogens with zero attached hydrogens (tertiary/aromatic N) is 3. The van der Waals surface area contributed by atoms with Gasteiger partial charge in [0.2, 0.25) is 0 Å². The van der Waals surface area contributed by atoms with Gasteiger partial charge in [-0.15, -0.1) is 0 Å². The van der Waals surface area contributed by atoms with Gasteiger partial charge in [-0.25, -0.2) is 4.39 Å². The van der Waals surface area contributed by atoms with Crippen molar-refractivity contribution in [2.24, 2.45) is 0 Å². The molecule has 0 bridgehead atoms. The van der Waals surface area contributed by atoms with E-state index in [0.717, 1.165) is 19.6 Å². The number of halogens is 1. The molecule has 102 valence electrons. The van der Waals surface area contributed by atoms with Gasteiger partial charge in [-0.05, 0) is 32.3 Å². The Morgan fingerprint density at radius 1 is 1.42 bits per heavy atom. The van der Waals surface area contributed by atoms with E-state index < -0.39 is 0 Å². The molecule has 1 aliphatic rings. The molecule has 0 spiro atoms. The van der Waals surface area contributed by atoms with Gasteiger partial charge in [-0.2, -0.15) is 5.26 Å². The maximum Gasteiger partial charge on any atom is 0.147 e. The van der Waals surface area contributed by atoms with Crippen LogP contribution >= 0.6 is 0 Å². The molecule has 1 saturated heterocycles. The molecular weight excluding hydrogens is 243 g/mol. The number of nitriles is 1. The summed E-state index contributed by atoms with van der Waals surface area (Å²) in [6.45, 7) is 3.77. The first-order valence-corrected chi connectivity index (χ1v) is 6.42. The predicted octanol–water partition coefficient (Wildman–Crippen LogP) is 1.36. The van der Waals surface area contributed by atoms with Crippen molar-refractivity contribution in [1.29, 1.82) is 5.26 Å². The van der Waals surface area contributed by atoms with Gasteiger partial charge in [0, 0.05) is 32.2 Å². The predicted molar refractivity (Wildman–Crippen MR) is 73.5 cm³/mol. The van der Waals surface area contributed by atoms with Crippen LogP contribution in [0.5, 0.6) is 0 Å². The summed E-state index contributed by atoms with van der Waals surface area (Å²) in [6.07, 6.45) is 0. The van der Waals surface area contributed by atoms with Crippen LogP contribution in [0.2, 0.25) is 0 Å². The van der Waals surface area contributed by atoms with E-state index in [1.165, 1.54) is 6.07 Å². The van der Waals surface area contributed by atoms with E-state index in [1.54, 1.807) is 12.1 Å². The highest BCUT2D eigenvalue weighted by atomic mass is 19.1. The van der Waals surface area contributed by atoms with Gasteiger partial charge in [-0.1, -0.05) is 0 Å². The van der Waals surface area contributed by atoms with Gasteiger partial charge in [0.1, 0.15) is 5.82 Å². The largest absolute Gasteiger partial charge is 0.381 e. The molecule has 5 heteroatoms. The number of hydrogen-bond acceptors (Lipinski definition) is 4. The SMILES string of the molecule is CN1CCN(C)C(CNc2ccc(C#N)cc2F)C1. The van der Waals surface area contributed by atoms with Crippen LogP contribution in [0, 0.1) is 17.1 Å². The van der Waals surface area contributed by atoms with E-state index in [0.29, 0.717) is 23.8 Å². The maximum atomic E-state index is 13.7. The minimum atomic E-state index is -0.370. The van der Waals surface area contributed by atoms with E-state index in [-0.39, 0.29) is 5.82 Å². The summed E-state index contributed by atoms with van der Waals surface area (Å²) in [4.78, 5) is 4.57. The Hall–Kier alpha value is -1.64. The van der Waals surface area contributed by atoms with Gasteiger partial charge < -0.3 is 10.2 Å². The van der Waals surface area contributed by atoms with Gasteiger partial charge in [0.15, 0.2) is 0 Å². The van der Waals surface area contributed by atoms with Crippen LogP contribution in [0.1, 0.15) is 5.56 Å². The second-order valence-corrected chi connectivity index (χ2v) is 5.08. The Balaban J connectivity index is 1.96. The van der Waals surface area contributed by atoms with Crippen LogP contribution in [0.25, 0.3) is 0 Å². The molecule has 1 fully saturated rings. The van der Waals surface area contributed by atoms with Crippen molar-refractivity contribution in [3.05, 3.63) is 29.6 Å². The fourth-order valence-electron chi connectivity index (χ4n) is 2.28. The lowest BCUT2D eigenvalue weighted by Crippen LogP contribution is -2.52. The summed E-state index contributed by atoms with van der Waals surface area (Å²) >= 11 is 0. The highest BCUT2D eigenvalue weighted by Gasteiger charge is 2.21. The molecule has 1 unspecified atom stereocenters. The third-order valence-electron chi connectivity index (χ3n) is 3.61. The third-order valence-corrected chi connectivity index (χ3v) is 3.61. The summed E-state index contributed by atoms with van der Waals surface area (Å²) in [5, 5.41) is 11.8. The van der Waals surface area contributed by atoms with Gasteiger partial charge in [0.05, 0.1) is 17.3 Å². The molecule has 1 aromatic carbocycles. The molecule has 2 rings (SSSR count). The van der Waals surface area contributed by atoms with Crippen molar-refractivity contribution >= 4 is 5.69 Å². The monoisotopic (exact) mass is 262 g/mol. The first-order chi connectivity index (χ1) is 9.10. The maximum absolute atomic E-state index is 13.7. The smallest absolute Gasteiger partial charge is 0.147 e. The van der Waals surface area contributed by atoms with E-state index in [1.807, 2.05) is 6.07 Å². The average Bonchev–Trinajstić information content (AvgIpc) is 2.40. The van der Waals surface area contributed by atoms with E-state index in [4.69, 9.17) is 5.26 Å². The van der Waals surface area contributed by atoms with Crippen molar-refractivity contribution in [1.82, 2.24) is 9.80 Å². The molecular formula is C14H19FN4. The Kier molecular flexibility index (Phi) is 4.35. The van der Waals surface area contributed by atoms with Gasteiger partial charge in [0.25, 0.3) is 0 Å². The van der Waals surface area contributed by atoms with Crippen molar-refractivity contribution in [2.45, 2.75) is 6.04 Å². The normalized spacial score (nSPS) is 21.1. The molecule has 1 heterocycles. The van der Waals surface area contributed by atoms with Crippen molar-refractivity contribution < 1.29 is 4.39 Å². The Morgan fingerprint density at radius 2 is 2.21 bits per heavy atom. The summed E-state index contributed by atoms with van der Waals surface area (Å²) in [7, 11) is 4.19. The Bertz CT molecular complexity index is 483. The number of anilines is 1. The van der Waals surface area contributed by atoms with E-state index >= 15 is 0 Å². The van der Waals surface area contributed by atoms with Crippen molar-refractivity contribution in [2.75, 3.05) is 45.6 Å². The first kappa shape index (κ1) is 13.8. The zero-order chi connectivity index (χ0) is 13.8. The lowest BCUT2D eigenvalue weighted by atomic mass is 10.1. The van der Waals surface area contributed by atoms with Crippen LogP contribution < -0.4 is 5.32 Å². The lowest BCUT2D eigenvalue weighted by Gasteiger charge is -2.37. The number of rotatable bonds is 3. The fourth-order valence-corrected chi connectivity index (χ4v) is 2.28. The van der Waals surface area contributed by atoms with Crippen molar-refractivity contribution in [3.63, 3.8) is 0 Å². The van der Waals surface area contributed by atoms with Gasteiger partial charge >= 0.3 is 0 Å². The molecule has 1 atom stereocenters. The fraction of sp³-hybridized carbons (Fsp3) is 0.500. The standard InChI is InChI=1S/C14H19FN4/c1-18-5-6-19(2)12(10-18)9-17-14-4-3-11(8-16)7-13(14)15/h3-4,7,12,17H,5-6,9-10H2,1-2H3. The topological polar surface area (TPSA) is 42.3 Å². The molecule has 1 aromatic rings. The highest BCUT2D eigenvalue weighted by Crippen LogP contribution is 2.16. The molecule has 1 aliphatic heterocycles. The summed E-state index contributed by atoms with van der Waals surface area (Å²) in [6, 6.07) is 6.82. The molecule has 4 nitrogen and oxygen atoms in total. The number of hydrogen-bond donors (Lipinski definition) is 1. The van der Waals surface area contributed by atoms with Crippen LogP contribution in [0.4, 0.5) is 10.1 Å². The number of nitrogens with one attached hydrogen (secondary N) is 1. The molecule has 0 aromatic heterocycles. The lowest BCUT2D eigenvalue weighted by molar-refractivity contribution is 0.122. The van der Waals surface area contributed by atoms with Crippen LogP contribution in [-0.4, -0.2) is 56.1 Å². The second-order valence-electron chi connectivity index (χ2n) is 5.08. The van der Waals surface area contributed by atoms with Gasteiger partial charge in [-0.3, -0.25) is 4.90 Å². The first-order valence-electron chi connectivity index (χ1n) is 6.42.